The fourth-order valence-electron chi connectivity index (χ4n) is 2.45. The van der Waals surface area contributed by atoms with Gasteiger partial charge in [0.1, 0.15) is 5.82 Å². The van der Waals surface area contributed by atoms with Crippen LogP contribution in [0.2, 0.25) is 0 Å². The van der Waals surface area contributed by atoms with Crippen LogP contribution in [0.15, 0.2) is 24.3 Å². The summed E-state index contributed by atoms with van der Waals surface area (Å²) >= 11 is 0. The monoisotopic (exact) mass is 221 g/mol. The van der Waals surface area contributed by atoms with Gasteiger partial charge in [0.15, 0.2) is 0 Å². The molecule has 1 atom stereocenters. The molecule has 1 aromatic carbocycles. The molecule has 2 heteroatoms. The Morgan fingerprint density at radius 3 is 2.88 bits per heavy atom. The third-order valence-electron chi connectivity index (χ3n) is 3.57. The number of benzene rings is 1. The van der Waals surface area contributed by atoms with Gasteiger partial charge in [-0.3, -0.25) is 0 Å². The molecule has 0 saturated carbocycles. The zero-order valence-electron chi connectivity index (χ0n) is 9.95. The smallest absolute Gasteiger partial charge is 0.126 e. The van der Waals surface area contributed by atoms with Crippen LogP contribution in [0.4, 0.5) is 4.39 Å². The van der Waals surface area contributed by atoms with E-state index in [1.807, 2.05) is 12.1 Å². The molecular weight excluding hydrogens is 201 g/mol. The highest BCUT2D eigenvalue weighted by Gasteiger charge is 2.17. The minimum absolute atomic E-state index is 0.0628. The Morgan fingerprint density at radius 2 is 2.12 bits per heavy atom. The van der Waals surface area contributed by atoms with Gasteiger partial charge in [0, 0.05) is 12.6 Å². The van der Waals surface area contributed by atoms with Crippen LogP contribution in [0.1, 0.15) is 31.7 Å². The summed E-state index contributed by atoms with van der Waals surface area (Å²) in [4.78, 5) is 2.48. The number of nitrogens with zero attached hydrogens (tertiary/aromatic N) is 1. The molecule has 0 amide bonds. The summed E-state index contributed by atoms with van der Waals surface area (Å²) in [6, 6.07) is 7.78. The second kappa shape index (κ2) is 5.44. The van der Waals surface area contributed by atoms with E-state index < -0.39 is 0 Å². The minimum Gasteiger partial charge on any atom is -0.300 e. The van der Waals surface area contributed by atoms with Crippen LogP contribution >= 0.6 is 0 Å². The molecule has 1 nitrogen and oxygen atoms in total. The maximum Gasteiger partial charge on any atom is 0.126 e. The van der Waals surface area contributed by atoms with E-state index in [9.17, 15) is 4.39 Å². The van der Waals surface area contributed by atoms with Crippen molar-refractivity contribution >= 4 is 0 Å². The third-order valence-corrected chi connectivity index (χ3v) is 3.57. The van der Waals surface area contributed by atoms with E-state index in [0.717, 1.165) is 18.5 Å². The van der Waals surface area contributed by atoms with E-state index in [1.54, 1.807) is 12.1 Å². The molecule has 0 aliphatic carbocycles. The average molecular weight is 221 g/mol. The van der Waals surface area contributed by atoms with Crippen molar-refractivity contribution in [1.29, 1.82) is 0 Å². The Morgan fingerprint density at radius 1 is 1.31 bits per heavy atom. The predicted octanol–water partition coefficient (Wildman–Crippen LogP) is 3.24. The van der Waals surface area contributed by atoms with Gasteiger partial charge in [0.2, 0.25) is 0 Å². The van der Waals surface area contributed by atoms with Crippen molar-refractivity contribution in [3.8, 4) is 0 Å². The molecule has 1 fully saturated rings. The molecule has 0 N–H and O–H groups in total. The molecule has 0 spiro atoms. The van der Waals surface area contributed by atoms with E-state index in [1.165, 1.54) is 25.8 Å². The van der Waals surface area contributed by atoms with Crippen molar-refractivity contribution in [3.63, 3.8) is 0 Å². The average Bonchev–Trinajstić information content (AvgIpc) is 2.30. The van der Waals surface area contributed by atoms with Gasteiger partial charge in [0.05, 0.1) is 0 Å². The summed E-state index contributed by atoms with van der Waals surface area (Å²) < 4.78 is 13.4. The Kier molecular flexibility index (Phi) is 3.94. The summed E-state index contributed by atoms with van der Waals surface area (Å²) in [7, 11) is 0. The van der Waals surface area contributed by atoms with Crippen molar-refractivity contribution in [1.82, 2.24) is 4.90 Å². The summed E-state index contributed by atoms with van der Waals surface area (Å²) in [5.41, 5.74) is 0.847. The molecule has 88 valence electrons. The highest BCUT2D eigenvalue weighted by atomic mass is 19.1. The normalized spacial score (nSPS) is 22.2. The van der Waals surface area contributed by atoms with Gasteiger partial charge in [-0.1, -0.05) is 24.6 Å². The number of rotatable bonds is 3. The molecular formula is C14H20FN. The first-order chi connectivity index (χ1) is 7.77. The van der Waals surface area contributed by atoms with E-state index in [2.05, 4.69) is 11.8 Å². The molecule has 1 aromatic rings. The zero-order chi connectivity index (χ0) is 11.4. The number of likely N-dealkylation sites (tertiary alicyclic amines) is 1. The van der Waals surface area contributed by atoms with Crippen LogP contribution in [0.3, 0.4) is 0 Å². The van der Waals surface area contributed by atoms with Crippen LogP contribution in [0, 0.1) is 5.82 Å². The SMILES string of the molecule is C[C@H]1CCCCN1CCc1ccccc1F. The van der Waals surface area contributed by atoms with Crippen molar-refractivity contribution in [2.24, 2.45) is 0 Å². The topological polar surface area (TPSA) is 3.24 Å². The second-order valence-electron chi connectivity index (χ2n) is 4.72. The first-order valence-electron chi connectivity index (χ1n) is 6.25. The highest BCUT2D eigenvalue weighted by molar-refractivity contribution is 5.17. The van der Waals surface area contributed by atoms with E-state index >= 15 is 0 Å². The van der Waals surface area contributed by atoms with Crippen molar-refractivity contribution in [2.75, 3.05) is 13.1 Å². The second-order valence-corrected chi connectivity index (χ2v) is 4.72. The number of hydrogen-bond donors (Lipinski definition) is 0. The minimum atomic E-state index is -0.0628. The van der Waals surface area contributed by atoms with Gasteiger partial charge in [-0.25, -0.2) is 4.39 Å². The van der Waals surface area contributed by atoms with Gasteiger partial charge in [0.25, 0.3) is 0 Å². The molecule has 1 aliphatic heterocycles. The molecule has 2 rings (SSSR count). The maximum absolute atomic E-state index is 13.4. The first-order valence-corrected chi connectivity index (χ1v) is 6.25. The number of halogens is 1. The molecule has 0 aromatic heterocycles. The van der Waals surface area contributed by atoms with Gasteiger partial charge < -0.3 is 4.90 Å². The van der Waals surface area contributed by atoms with Gasteiger partial charge in [-0.2, -0.15) is 0 Å². The van der Waals surface area contributed by atoms with Crippen LogP contribution in [-0.4, -0.2) is 24.0 Å². The van der Waals surface area contributed by atoms with E-state index in [0.29, 0.717) is 6.04 Å². The largest absolute Gasteiger partial charge is 0.300 e. The summed E-state index contributed by atoms with van der Waals surface area (Å²) in [5, 5.41) is 0. The number of piperidine rings is 1. The van der Waals surface area contributed by atoms with Crippen LogP contribution < -0.4 is 0 Å². The van der Waals surface area contributed by atoms with Crippen molar-refractivity contribution in [3.05, 3.63) is 35.6 Å². The van der Waals surface area contributed by atoms with E-state index in [-0.39, 0.29) is 5.82 Å². The van der Waals surface area contributed by atoms with Crippen LogP contribution in [-0.2, 0) is 6.42 Å². The fourth-order valence-corrected chi connectivity index (χ4v) is 2.45. The Labute approximate surface area is 97.3 Å². The highest BCUT2D eigenvalue weighted by Crippen LogP contribution is 2.17. The zero-order valence-corrected chi connectivity index (χ0v) is 9.95. The lowest BCUT2D eigenvalue weighted by Crippen LogP contribution is -2.38. The molecule has 1 saturated heterocycles. The lowest BCUT2D eigenvalue weighted by Gasteiger charge is -2.33. The maximum atomic E-state index is 13.4. The van der Waals surface area contributed by atoms with Crippen LogP contribution in [0.25, 0.3) is 0 Å². The Balaban J connectivity index is 1.89. The van der Waals surface area contributed by atoms with Crippen molar-refractivity contribution in [2.45, 2.75) is 38.6 Å². The molecule has 0 bridgehead atoms. The molecule has 0 radical (unpaired) electrons. The summed E-state index contributed by atoms with van der Waals surface area (Å²) in [6.45, 7) is 4.44. The summed E-state index contributed by atoms with van der Waals surface area (Å²) in [5.74, 6) is -0.0628. The molecule has 1 aliphatic rings. The Bertz CT molecular complexity index is 337. The lowest BCUT2D eigenvalue weighted by atomic mass is 10.0. The van der Waals surface area contributed by atoms with E-state index in [4.69, 9.17) is 0 Å². The summed E-state index contributed by atoms with van der Waals surface area (Å²) in [6.07, 6.45) is 4.76. The standard InChI is InChI=1S/C14H20FN/c1-12-6-4-5-10-16(12)11-9-13-7-2-3-8-14(13)15/h2-3,7-8,12H,4-6,9-11H2,1H3/t12-/m0/s1. The molecule has 1 heterocycles. The fraction of sp³-hybridized carbons (Fsp3) is 0.571. The third kappa shape index (κ3) is 2.82. The van der Waals surface area contributed by atoms with Gasteiger partial charge >= 0.3 is 0 Å². The lowest BCUT2D eigenvalue weighted by molar-refractivity contribution is 0.162. The molecule has 0 unspecified atom stereocenters. The molecule has 16 heavy (non-hydrogen) atoms. The van der Waals surface area contributed by atoms with Gasteiger partial charge in [-0.05, 0) is 44.4 Å². The number of hydrogen-bond acceptors (Lipinski definition) is 1. The predicted molar refractivity (Wildman–Crippen MR) is 65.0 cm³/mol. The van der Waals surface area contributed by atoms with Crippen LogP contribution in [0.5, 0.6) is 0 Å². The van der Waals surface area contributed by atoms with Crippen molar-refractivity contribution < 1.29 is 4.39 Å². The quantitative estimate of drug-likeness (QED) is 0.757. The van der Waals surface area contributed by atoms with Gasteiger partial charge in [-0.15, -0.1) is 0 Å². The Hall–Kier alpha value is -0.890. The first kappa shape index (κ1) is 11.6.